The largest absolute Gasteiger partial charge is 0.471 e. The van der Waals surface area contributed by atoms with Crippen LogP contribution >= 0.6 is 0 Å². The molecule has 1 atom stereocenters. The zero-order chi connectivity index (χ0) is 17.2. The highest BCUT2D eigenvalue weighted by Gasteiger charge is 2.41. The van der Waals surface area contributed by atoms with E-state index in [9.17, 15) is 22.8 Å². The number of esters is 1. The van der Waals surface area contributed by atoms with E-state index in [1.165, 1.54) is 0 Å². The van der Waals surface area contributed by atoms with Gasteiger partial charge in [0.05, 0.1) is 6.61 Å². The second-order valence-corrected chi connectivity index (χ2v) is 5.74. The van der Waals surface area contributed by atoms with Gasteiger partial charge in [0, 0.05) is 0 Å². The van der Waals surface area contributed by atoms with Crippen molar-refractivity contribution in [1.29, 1.82) is 0 Å². The van der Waals surface area contributed by atoms with Crippen LogP contribution in [0.15, 0.2) is 0 Å². The normalized spacial score (nSPS) is 13.0. The highest BCUT2D eigenvalue weighted by molar-refractivity contribution is 5.87. The van der Waals surface area contributed by atoms with Gasteiger partial charge in [0.25, 0.3) is 0 Å². The van der Waals surface area contributed by atoms with E-state index in [1.807, 2.05) is 0 Å². The van der Waals surface area contributed by atoms with Gasteiger partial charge in [-0.15, -0.1) is 0 Å². The number of rotatable bonds is 10. The van der Waals surface area contributed by atoms with Gasteiger partial charge in [-0.2, -0.15) is 13.2 Å². The number of carbonyl (C=O) groups is 2. The van der Waals surface area contributed by atoms with Crippen LogP contribution in [0.3, 0.4) is 0 Å². The lowest BCUT2D eigenvalue weighted by Crippen LogP contribution is -2.48. The lowest BCUT2D eigenvalue weighted by Gasteiger charge is -2.20. The molecule has 0 aliphatic carbocycles. The predicted octanol–water partition coefficient (Wildman–Crippen LogP) is 3.59. The number of carbonyl (C=O) groups excluding carboxylic acids is 2. The number of alkyl halides is 3. The molecule has 0 aromatic carbocycles. The third-order valence-corrected chi connectivity index (χ3v) is 3.05. The van der Waals surface area contributed by atoms with Crippen LogP contribution in [0.5, 0.6) is 0 Å². The maximum atomic E-state index is 12.3. The number of unbranched alkanes of at least 4 members (excludes halogenated alkanes) is 4. The molecule has 4 nitrogen and oxygen atoms in total. The van der Waals surface area contributed by atoms with Crippen molar-refractivity contribution in [3.8, 4) is 0 Å². The molecule has 0 radical (unpaired) electrons. The van der Waals surface area contributed by atoms with Gasteiger partial charge >= 0.3 is 18.1 Å². The summed E-state index contributed by atoms with van der Waals surface area (Å²) >= 11 is 0. The van der Waals surface area contributed by atoms with Crippen molar-refractivity contribution >= 4 is 11.9 Å². The second kappa shape index (κ2) is 10.5. The quantitative estimate of drug-likeness (QED) is 0.493. The molecule has 1 unspecified atom stereocenters. The summed E-state index contributed by atoms with van der Waals surface area (Å²) in [6.45, 7) is 5.76. The van der Waals surface area contributed by atoms with Gasteiger partial charge < -0.3 is 10.1 Å². The summed E-state index contributed by atoms with van der Waals surface area (Å²) in [4.78, 5) is 22.8. The molecule has 130 valence electrons. The summed E-state index contributed by atoms with van der Waals surface area (Å²) in [5.74, 6) is -2.96. The van der Waals surface area contributed by atoms with Gasteiger partial charge in [-0.1, -0.05) is 46.5 Å². The highest BCUT2D eigenvalue weighted by atomic mass is 19.4. The van der Waals surface area contributed by atoms with Crippen molar-refractivity contribution in [2.75, 3.05) is 6.61 Å². The molecule has 0 rings (SSSR count). The second-order valence-electron chi connectivity index (χ2n) is 5.74. The van der Waals surface area contributed by atoms with Crippen LogP contribution in [0.2, 0.25) is 0 Å². The number of ether oxygens (including phenoxy) is 1. The molecular weight excluding hydrogens is 299 g/mol. The van der Waals surface area contributed by atoms with Crippen molar-refractivity contribution in [3.63, 3.8) is 0 Å². The first kappa shape index (κ1) is 20.7. The monoisotopic (exact) mass is 325 g/mol. The molecule has 0 saturated heterocycles. The SMILES string of the molecule is CCCCCCCOC(=O)C(CC(C)C)NC(=O)C(F)(F)F. The Labute approximate surface area is 129 Å². The molecule has 1 N–H and O–H groups in total. The lowest BCUT2D eigenvalue weighted by atomic mass is 10.0. The number of nitrogens with one attached hydrogen (secondary N) is 1. The molecular formula is C15H26F3NO3. The summed E-state index contributed by atoms with van der Waals surface area (Å²) in [5.41, 5.74) is 0. The zero-order valence-electron chi connectivity index (χ0n) is 13.5. The molecule has 22 heavy (non-hydrogen) atoms. The molecule has 0 spiro atoms. The molecule has 0 aromatic heterocycles. The molecule has 0 aromatic rings. The first-order valence-corrected chi connectivity index (χ1v) is 7.72. The smallest absolute Gasteiger partial charge is 0.464 e. The first-order valence-electron chi connectivity index (χ1n) is 7.72. The van der Waals surface area contributed by atoms with Gasteiger partial charge in [0.1, 0.15) is 6.04 Å². The number of amides is 1. The Bertz CT molecular complexity index is 343. The maximum Gasteiger partial charge on any atom is 0.471 e. The minimum atomic E-state index is -5.00. The summed E-state index contributed by atoms with van der Waals surface area (Å²) < 4.78 is 41.8. The van der Waals surface area contributed by atoms with Crippen LogP contribution in [0.4, 0.5) is 13.2 Å². The third kappa shape index (κ3) is 9.63. The minimum absolute atomic E-state index is 0.0457. The van der Waals surface area contributed by atoms with Gasteiger partial charge in [-0.3, -0.25) is 4.79 Å². The van der Waals surface area contributed by atoms with Gasteiger partial charge in [0.15, 0.2) is 0 Å². The minimum Gasteiger partial charge on any atom is -0.464 e. The van der Waals surface area contributed by atoms with Crippen LogP contribution < -0.4 is 5.32 Å². The Hall–Kier alpha value is -1.27. The average Bonchev–Trinajstić information content (AvgIpc) is 2.40. The van der Waals surface area contributed by atoms with E-state index in [2.05, 4.69) is 6.92 Å². The van der Waals surface area contributed by atoms with Crippen molar-refractivity contribution in [1.82, 2.24) is 5.32 Å². The van der Waals surface area contributed by atoms with Crippen LogP contribution in [0.1, 0.15) is 59.3 Å². The van der Waals surface area contributed by atoms with E-state index in [0.29, 0.717) is 6.42 Å². The average molecular weight is 325 g/mol. The van der Waals surface area contributed by atoms with Gasteiger partial charge in [-0.05, 0) is 18.8 Å². The van der Waals surface area contributed by atoms with E-state index in [4.69, 9.17) is 4.74 Å². The van der Waals surface area contributed by atoms with Crippen molar-refractivity contribution in [2.24, 2.45) is 5.92 Å². The Kier molecular flexibility index (Phi) is 9.85. The highest BCUT2D eigenvalue weighted by Crippen LogP contribution is 2.16. The van der Waals surface area contributed by atoms with E-state index in [0.717, 1.165) is 25.7 Å². The van der Waals surface area contributed by atoms with Crippen molar-refractivity contribution in [2.45, 2.75) is 71.5 Å². The summed E-state index contributed by atoms with van der Waals surface area (Å²) in [5, 5.41) is 1.71. The van der Waals surface area contributed by atoms with Gasteiger partial charge in [0.2, 0.25) is 0 Å². The molecule has 1 amide bonds. The number of halogens is 3. The lowest BCUT2D eigenvalue weighted by molar-refractivity contribution is -0.176. The summed E-state index contributed by atoms with van der Waals surface area (Å²) in [7, 11) is 0. The van der Waals surface area contributed by atoms with E-state index in [-0.39, 0.29) is 18.9 Å². The fraction of sp³-hybridized carbons (Fsp3) is 0.867. The number of hydrogen-bond donors (Lipinski definition) is 1. The molecule has 0 saturated carbocycles. The summed E-state index contributed by atoms with van der Waals surface area (Å²) in [6, 6.07) is -1.26. The fourth-order valence-corrected chi connectivity index (χ4v) is 1.90. The molecule has 0 aliphatic heterocycles. The topological polar surface area (TPSA) is 55.4 Å². The Morgan fingerprint density at radius 1 is 1.09 bits per heavy atom. The zero-order valence-corrected chi connectivity index (χ0v) is 13.5. The van der Waals surface area contributed by atoms with Crippen molar-refractivity contribution in [3.05, 3.63) is 0 Å². The Morgan fingerprint density at radius 2 is 1.68 bits per heavy atom. The van der Waals surface area contributed by atoms with E-state index >= 15 is 0 Å². The van der Waals surface area contributed by atoms with E-state index < -0.39 is 24.1 Å². The molecule has 7 heteroatoms. The predicted molar refractivity (Wildman–Crippen MR) is 77.2 cm³/mol. The van der Waals surface area contributed by atoms with Crippen LogP contribution in [0.25, 0.3) is 0 Å². The number of hydrogen-bond acceptors (Lipinski definition) is 3. The van der Waals surface area contributed by atoms with Crippen LogP contribution in [-0.4, -0.2) is 30.7 Å². The molecule has 0 bridgehead atoms. The van der Waals surface area contributed by atoms with Crippen LogP contribution in [-0.2, 0) is 14.3 Å². The van der Waals surface area contributed by atoms with Crippen molar-refractivity contribution < 1.29 is 27.5 Å². The Balaban J connectivity index is 4.31. The van der Waals surface area contributed by atoms with Crippen LogP contribution in [0, 0.1) is 5.92 Å². The Morgan fingerprint density at radius 3 is 2.18 bits per heavy atom. The first-order chi connectivity index (χ1) is 10.2. The standard InChI is InChI=1S/C15H26F3NO3/c1-4-5-6-7-8-9-22-13(20)12(10-11(2)3)19-14(21)15(16,17)18/h11-12H,4-10H2,1-3H3,(H,19,21). The molecule has 0 aliphatic rings. The molecule has 0 heterocycles. The third-order valence-electron chi connectivity index (χ3n) is 3.05. The van der Waals surface area contributed by atoms with Gasteiger partial charge in [-0.25, -0.2) is 4.79 Å². The fourth-order valence-electron chi connectivity index (χ4n) is 1.90. The van der Waals surface area contributed by atoms with E-state index in [1.54, 1.807) is 19.2 Å². The maximum absolute atomic E-state index is 12.3. The molecule has 0 fully saturated rings. The summed E-state index contributed by atoms with van der Waals surface area (Å²) in [6.07, 6.45) is -0.0794.